The predicted octanol–water partition coefficient (Wildman–Crippen LogP) is 4.27. The molecule has 1 aliphatic rings. The lowest BCUT2D eigenvalue weighted by molar-refractivity contribution is 0.0638. The Morgan fingerprint density at radius 2 is 1.86 bits per heavy atom. The first-order valence-electron chi connectivity index (χ1n) is 7.13. The maximum Gasteiger partial charge on any atom is 0.161 e. The van der Waals surface area contributed by atoms with Gasteiger partial charge in [0.1, 0.15) is 12.7 Å². The fourth-order valence-corrected chi connectivity index (χ4v) is 2.91. The lowest BCUT2D eigenvalue weighted by atomic mass is 10.2. The largest absolute Gasteiger partial charge is 0.486 e. The van der Waals surface area contributed by atoms with Crippen LogP contribution in [0.1, 0.15) is 5.56 Å². The van der Waals surface area contributed by atoms with Gasteiger partial charge in [0.2, 0.25) is 0 Å². The number of rotatable bonds is 4. The second kappa shape index (κ2) is 6.78. The molecule has 5 heteroatoms. The Morgan fingerprint density at radius 1 is 1.09 bits per heavy atom. The van der Waals surface area contributed by atoms with Gasteiger partial charge in [-0.25, -0.2) is 0 Å². The quantitative estimate of drug-likeness (QED) is 0.831. The Bertz CT molecular complexity index is 663. The number of likely N-dealkylation sites (N-methyl/N-ethyl adjacent to an activating group) is 1. The van der Waals surface area contributed by atoms with Crippen molar-refractivity contribution in [1.29, 1.82) is 0 Å². The molecule has 1 aliphatic heterocycles. The molecule has 0 saturated heterocycles. The lowest BCUT2D eigenvalue weighted by Crippen LogP contribution is -2.39. The first-order chi connectivity index (χ1) is 10.6. The molecule has 3 nitrogen and oxygen atoms in total. The van der Waals surface area contributed by atoms with E-state index in [0.717, 1.165) is 23.6 Å². The number of para-hydroxylation sites is 2. The van der Waals surface area contributed by atoms with E-state index in [1.54, 1.807) is 6.07 Å². The van der Waals surface area contributed by atoms with E-state index in [1.807, 2.05) is 43.4 Å². The summed E-state index contributed by atoms with van der Waals surface area (Å²) in [5.74, 6) is 1.60. The highest BCUT2D eigenvalue weighted by atomic mass is 35.5. The van der Waals surface area contributed by atoms with E-state index in [2.05, 4.69) is 4.90 Å². The van der Waals surface area contributed by atoms with Crippen LogP contribution in [0.15, 0.2) is 42.5 Å². The van der Waals surface area contributed by atoms with E-state index >= 15 is 0 Å². The molecule has 0 radical (unpaired) electrons. The maximum absolute atomic E-state index is 6.23. The molecule has 1 unspecified atom stereocenters. The number of halogens is 2. The minimum atomic E-state index is -0.00198. The third kappa shape index (κ3) is 3.49. The normalized spacial score (nSPS) is 16.8. The fraction of sp³-hybridized carbons (Fsp3) is 0.294. The molecule has 116 valence electrons. The topological polar surface area (TPSA) is 21.7 Å². The van der Waals surface area contributed by atoms with E-state index < -0.39 is 0 Å². The van der Waals surface area contributed by atoms with Gasteiger partial charge in [0.25, 0.3) is 0 Å². The van der Waals surface area contributed by atoms with Gasteiger partial charge < -0.3 is 9.47 Å². The Morgan fingerprint density at radius 3 is 2.68 bits per heavy atom. The van der Waals surface area contributed by atoms with Crippen LogP contribution in [-0.4, -0.2) is 31.2 Å². The highest BCUT2D eigenvalue weighted by Gasteiger charge is 2.22. The van der Waals surface area contributed by atoms with Crippen molar-refractivity contribution in [3.8, 4) is 11.5 Å². The molecule has 0 aromatic heterocycles. The average molecular weight is 338 g/mol. The summed E-state index contributed by atoms with van der Waals surface area (Å²) in [6.45, 7) is 2.00. The van der Waals surface area contributed by atoms with Crippen molar-refractivity contribution in [1.82, 2.24) is 4.90 Å². The molecule has 2 aromatic carbocycles. The molecule has 0 spiro atoms. The van der Waals surface area contributed by atoms with E-state index in [1.165, 1.54) is 0 Å². The van der Waals surface area contributed by atoms with E-state index in [0.29, 0.717) is 23.2 Å². The minimum Gasteiger partial charge on any atom is -0.486 e. The van der Waals surface area contributed by atoms with Crippen molar-refractivity contribution >= 4 is 23.2 Å². The van der Waals surface area contributed by atoms with Crippen molar-refractivity contribution < 1.29 is 9.47 Å². The zero-order valence-corrected chi connectivity index (χ0v) is 13.8. The summed E-state index contributed by atoms with van der Waals surface area (Å²) >= 11 is 12.3. The molecule has 0 fully saturated rings. The summed E-state index contributed by atoms with van der Waals surface area (Å²) in [6.07, 6.45) is -0.00198. The van der Waals surface area contributed by atoms with Crippen LogP contribution in [0.3, 0.4) is 0 Å². The van der Waals surface area contributed by atoms with Crippen molar-refractivity contribution in [2.24, 2.45) is 0 Å². The zero-order valence-electron chi connectivity index (χ0n) is 12.3. The van der Waals surface area contributed by atoms with Gasteiger partial charge in [-0.15, -0.1) is 0 Å². The summed E-state index contributed by atoms with van der Waals surface area (Å²) < 4.78 is 11.7. The van der Waals surface area contributed by atoms with Crippen molar-refractivity contribution in [3.63, 3.8) is 0 Å². The van der Waals surface area contributed by atoms with Gasteiger partial charge in [0.05, 0.1) is 10.0 Å². The van der Waals surface area contributed by atoms with Crippen LogP contribution in [0.5, 0.6) is 11.5 Å². The second-order valence-electron chi connectivity index (χ2n) is 5.41. The molecular weight excluding hydrogens is 321 g/mol. The van der Waals surface area contributed by atoms with Crippen molar-refractivity contribution in [2.45, 2.75) is 12.6 Å². The summed E-state index contributed by atoms with van der Waals surface area (Å²) in [4.78, 5) is 2.15. The molecule has 1 heterocycles. The van der Waals surface area contributed by atoms with E-state index in [4.69, 9.17) is 32.7 Å². The van der Waals surface area contributed by atoms with Crippen LogP contribution >= 0.6 is 23.2 Å². The number of nitrogens with zero attached hydrogens (tertiary/aromatic N) is 1. The summed E-state index contributed by atoms with van der Waals surface area (Å²) in [5, 5.41) is 1.20. The van der Waals surface area contributed by atoms with Gasteiger partial charge in [0, 0.05) is 13.1 Å². The maximum atomic E-state index is 6.23. The van der Waals surface area contributed by atoms with Gasteiger partial charge in [-0.05, 0) is 30.8 Å². The summed E-state index contributed by atoms with van der Waals surface area (Å²) in [6, 6.07) is 13.4. The molecule has 0 aliphatic carbocycles. The van der Waals surface area contributed by atoms with Crippen LogP contribution in [0.2, 0.25) is 10.0 Å². The standard InChI is InChI=1S/C17H17Cl2NO2/c1-20(9-12-5-4-6-14(18)17(12)19)10-13-11-21-15-7-2-3-8-16(15)22-13/h2-8,13H,9-11H2,1H3. The van der Waals surface area contributed by atoms with Crippen LogP contribution in [0, 0.1) is 0 Å². The van der Waals surface area contributed by atoms with Gasteiger partial charge in [-0.1, -0.05) is 47.5 Å². The SMILES string of the molecule is CN(Cc1cccc(Cl)c1Cl)CC1COc2ccccc2O1. The molecule has 2 aromatic rings. The molecular formula is C17H17Cl2NO2. The highest BCUT2D eigenvalue weighted by Crippen LogP contribution is 2.31. The molecule has 0 saturated carbocycles. The van der Waals surface area contributed by atoms with Crippen molar-refractivity contribution in [3.05, 3.63) is 58.1 Å². The highest BCUT2D eigenvalue weighted by molar-refractivity contribution is 6.42. The lowest BCUT2D eigenvalue weighted by Gasteiger charge is -2.29. The first-order valence-corrected chi connectivity index (χ1v) is 7.89. The summed E-state index contributed by atoms with van der Waals surface area (Å²) in [5.41, 5.74) is 1.01. The Hall–Kier alpha value is -1.42. The van der Waals surface area contributed by atoms with Crippen LogP contribution in [-0.2, 0) is 6.54 Å². The molecule has 0 amide bonds. The molecule has 22 heavy (non-hydrogen) atoms. The van der Waals surface area contributed by atoms with E-state index in [9.17, 15) is 0 Å². The molecule has 0 bridgehead atoms. The third-order valence-corrected chi connectivity index (χ3v) is 4.41. The Balaban J connectivity index is 1.61. The molecule has 0 N–H and O–H groups in total. The van der Waals surface area contributed by atoms with Crippen LogP contribution < -0.4 is 9.47 Å². The van der Waals surface area contributed by atoms with E-state index in [-0.39, 0.29) is 6.10 Å². The third-order valence-electron chi connectivity index (χ3n) is 3.55. The van der Waals surface area contributed by atoms with Crippen LogP contribution in [0.4, 0.5) is 0 Å². The molecule has 3 rings (SSSR count). The van der Waals surface area contributed by atoms with Gasteiger partial charge in [-0.2, -0.15) is 0 Å². The zero-order chi connectivity index (χ0) is 15.5. The Labute approximate surface area is 140 Å². The van der Waals surface area contributed by atoms with Gasteiger partial charge in [0.15, 0.2) is 11.5 Å². The number of hydrogen-bond donors (Lipinski definition) is 0. The van der Waals surface area contributed by atoms with Gasteiger partial charge >= 0.3 is 0 Å². The fourth-order valence-electron chi connectivity index (χ4n) is 2.53. The van der Waals surface area contributed by atoms with Crippen LogP contribution in [0.25, 0.3) is 0 Å². The monoisotopic (exact) mass is 337 g/mol. The number of hydrogen-bond acceptors (Lipinski definition) is 3. The predicted molar refractivity (Wildman–Crippen MR) is 89.1 cm³/mol. The second-order valence-corrected chi connectivity index (χ2v) is 6.19. The number of benzene rings is 2. The summed E-state index contributed by atoms with van der Waals surface area (Å²) in [7, 11) is 2.03. The smallest absolute Gasteiger partial charge is 0.161 e. The number of fused-ring (bicyclic) bond motifs is 1. The van der Waals surface area contributed by atoms with Gasteiger partial charge in [-0.3, -0.25) is 4.90 Å². The first kappa shape index (κ1) is 15.5. The average Bonchev–Trinajstić information content (AvgIpc) is 2.52. The number of ether oxygens (including phenoxy) is 2. The Kier molecular flexibility index (Phi) is 4.77. The molecule has 1 atom stereocenters. The van der Waals surface area contributed by atoms with Crippen molar-refractivity contribution in [2.75, 3.05) is 20.2 Å². The minimum absolute atomic E-state index is 0.00198.